The highest BCUT2D eigenvalue weighted by Crippen LogP contribution is 2.36. The third-order valence-electron chi connectivity index (χ3n) is 3.75. The predicted molar refractivity (Wildman–Crippen MR) is 97.3 cm³/mol. The summed E-state index contributed by atoms with van der Waals surface area (Å²) in [4.78, 5) is 16.5. The number of aliphatic hydroxyl groups is 1. The first-order chi connectivity index (χ1) is 12.0. The molecule has 0 fully saturated rings. The lowest BCUT2D eigenvalue weighted by molar-refractivity contribution is 0.0215. The Hall–Kier alpha value is -2.18. The summed E-state index contributed by atoms with van der Waals surface area (Å²) in [5.74, 6) is -0.598. The molecule has 5 nitrogen and oxygen atoms in total. The molecule has 26 heavy (non-hydrogen) atoms. The van der Waals surface area contributed by atoms with E-state index in [9.17, 15) is 14.3 Å². The first-order valence-corrected chi connectivity index (χ1v) is 8.47. The van der Waals surface area contributed by atoms with E-state index < -0.39 is 29.2 Å². The first kappa shape index (κ1) is 20.1. The molecule has 2 N–H and O–H groups in total. The van der Waals surface area contributed by atoms with Crippen molar-refractivity contribution in [1.82, 2.24) is 10.3 Å². The highest BCUT2D eigenvalue weighted by atomic mass is 35.5. The molecule has 2 atom stereocenters. The van der Waals surface area contributed by atoms with Crippen LogP contribution in [0.15, 0.2) is 42.5 Å². The normalized spacial score (nSPS) is 15.0. The summed E-state index contributed by atoms with van der Waals surface area (Å²) >= 11 is 5.97. The number of carbonyl (C=O) groups is 1. The molecule has 0 aliphatic carbocycles. The summed E-state index contributed by atoms with van der Waals surface area (Å²) in [6.45, 7) is 6.69. The molecule has 0 bridgehead atoms. The summed E-state index contributed by atoms with van der Waals surface area (Å²) in [5, 5.41) is 13.7. The Morgan fingerprint density at radius 1 is 1.19 bits per heavy atom. The van der Waals surface area contributed by atoms with Crippen molar-refractivity contribution in [3.63, 3.8) is 0 Å². The van der Waals surface area contributed by atoms with Crippen molar-refractivity contribution >= 4 is 17.7 Å². The van der Waals surface area contributed by atoms with Crippen molar-refractivity contribution in [3.8, 4) is 0 Å². The zero-order valence-corrected chi connectivity index (χ0v) is 15.8. The molecule has 0 saturated heterocycles. The minimum absolute atomic E-state index is 0.0211. The Bertz CT molecular complexity index is 794. The summed E-state index contributed by atoms with van der Waals surface area (Å²) in [5.41, 5.74) is -1.93. The van der Waals surface area contributed by atoms with E-state index in [1.807, 2.05) is 0 Å². The number of nitrogens with zero attached hydrogens (tertiary/aromatic N) is 1. The Kier molecular flexibility index (Phi) is 5.88. The van der Waals surface area contributed by atoms with Gasteiger partial charge in [0.15, 0.2) is 0 Å². The van der Waals surface area contributed by atoms with Crippen molar-refractivity contribution < 1.29 is 19.0 Å². The maximum Gasteiger partial charge on any atom is 0.408 e. The molecule has 0 aliphatic heterocycles. The molecule has 2 aromatic rings. The Balaban J connectivity index is 2.48. The van der Waals surface area contributed by atoms with Crippen LogP contribution in [0.1, 0.15) is 45.1 Å². The van der Waals surface area contributed by atoms with E-state index in [0.29, 0.717) is 0 Å². The molecule has 0 radical (unpaired) electrons. The van der Waals surface area contributed by atoms with Gasteiger partial charge in [0.1, 0.15) is 28.2 Å². The smallest absolute Gasteiger partial charge is 0.408 e. The van der Waals surface area contributed by atoms with Crippen LogP contribution in [-0.4, -0.2) is 21.8 Å². The van der Waals surface area contributed by atoms with Gasteiger partial charge >= 0.3 is 6.09 Å². The summed E-state index contributed by atoms with van der Waals surface area (Å²) in [7, 11) is 0. The fraction of sp³-hybridized carbons (Fsp3) is 0.368. The van der Waals surface area contributed by atoms with E-state index in [2.05, 4.69) is 10.3 Å². The number of aromatic nitrogens is 1. The number of benzene rings is 1. The van der Waals surface area contributed by atoms with Crippen LogP contribution in [0, 0.1) is 5.82 Å². The number of ether oxygens (including phenoxy) is 1. The molecule has 0 saturated carbocycles. The molecule has 0 spiro atoms. The van der Waals surface area contributed by atoms with Crippen LogP contribution in [0.4, 0.5) is 9.18 Å². The number of halogens is 2. The third kappa shape index (κ3) is 4.71. The van der Waals surface area contributed by atoms with Gasteiger partial charge in [-0.15, -0.1) is 0 Å². The molecule has 140 valence electrons. The first-order valence-electron chi connectivity index (χ1n) is 8.09. The number of hydrogen-bond acceptors (Lipinski definition) is 4. The van der Waals surface area contributed by atoms with Crippen molar-refractivity contribution in [2.75, 3.05) is 0 Å². The molecular formula is C19H22ClFN2O3. The van der Waals surface area contributed by atoms with E-state index in [1.165, 1.54) is 25.1 Å². The fourth-order valence-electron chi connectivity index (χ4n) is 2.49. The Morgan fingerprint density at radius 3 is 2.42 bits per heavy atom. The summed E-state index contributed by atoms with van der Waals surface area (Å²) < 4.78 is 19.5. The van der Waals surface area contributed by atoms with E-state index in [4.69, 9.17) is 16.3 Å². The van der Waals surface area contributed by atoms with Crippen LogP contribution in [0.2, 0.25) is 5.15 Å². The van der Waals surface area contributed by atoms with Gasteiger partial charge in [-0.1, -0.05) is 35.9 Å². The van der Waals surface area contributed by atoms with E-state index in [1.54, 1.807) is 45.0 Å². The maximum atomic E-state index is 14.2. The van der Waals surface area contributed by atoms with Gasteiger partial charge < -0.3 is 15.2 Å². The number of pyridine rings is 1. The second-order valence-corrected chi connectivity index (χ2v) is 7.49. The monoisotopic (exact) mass is 380 g/mol. The molecule has 1 heterocycles. The number of nitrogens with one attached hydrogen (secondary N) is 1. The van der Waals surface area contributed by atoms with E-state index in [-0.39, 0.29) is 16.4 Å². The predicted octanol–water partition coefficient (Wildman–Crippen LogP) is 4.35. The zero-order chi connectivity index (χ0) is 19.5. The number of hydrogen-bond donors (Lipinski definition) is 2. The standard InChI is InChI=1S/C19H22ClFN2O3/c1-18(2,3)26-17(25)23-19(4,14-10-7-11-15(20)22-14)16(24)12-8-5-6-9-13(12)21/h5-11,16,24H,1-4H3,(H,23,25). The van der Waals surface area contributed by atoms with Gasteiger partial charge in [0.25, 0.3) is 0 Å². The van der Waals surface area contributed by atoms with Crippen molar-refractivity contribution in [2.24, 2.45) is 0 Å². The number of rotatable bonds is 4. The van der Waals surface area contributed by atoms with Gasteiger partial charge in [0.2, 0.25) is 0 Å². The van der Waals surface area contributed by atoms with Crippen molar-refractivity contribution in [3.05, 3.63) is 64.7 Å². The minimum atomic E-state index is -1.48. The van der Waals surface area contributed by atoms with Crippen molar-refractivity contribution in [1.29, 1.82) is 0 Å². The van der Waals surface area contributed by atoms with Gasteiger partial charge in [0, 0.05) is 5.56 Å². The second kappa shape index (κ2) is 7.60. The zero-order valence-electron chi connectivity index (χ0n) is 15.1. The molecule has 0 aliphatic rings. The molecule has 2 rings (SSSR count). The molecule has 1 aromatic carbocycles. The highest BCUT2D eigenvalue weighted by molar-refractivity contribution is 6.29. The lowest BCUT2D eigenvalue weighted by Crippen LogP contribution is -2.50. The lowest BCUT2D eigenvalue weighted by Gasteiger charge is -2.36. The number of aliphatic hydroxyl groups excluding tert-OH is 1. The average Bonchev–Trinajstić information content (AvgIpc) is 2.52. The topological polar surface area (TPSA) is 71.5 Å². The quantitative estimate of drug-likeness (QED) is 0.773. The van der Waals surface area contributed by atoms with Gasteiger partial charge in [-0.05, 0) is 45.9 Å². The fourth-order valence-corrected chi connectivity index (χ4v) is 2.66. The molecular weight excluding hydrogens is 359 g/mol. The number of alkyl carbamates (subject to hydrolysis) is 1. The van der Waals surface area contributed by atoms with E-state index in [0.717, 1.165) is 0 Å². The minimum Gasteiger partial charge on any atom is -0.444 e. The van der Waals surface area contributed by atoms with Crippen LogP contribution in [0.3, 0.4) is 0 Å². The largest absolute Gasteiger partial charge is 0.444 e. The van der Waals surface area contributed by atoms with E-state index >= 15 is 0 Å². The van der Waals surface area contributed by atoms with Gasteiger partial charge in [0.05, 0.1) is 5.69 Å². The summed E-state index contributed by atoms with van der Waals surface area (Å²) in [6, 6.07) is 10.6. The Morgan fingerprint density at radius 2 is 1.85 bits per heavy atom. The van der Waals surface area contributed by atoms with Crippen LogP contribution in [0.5, 0.6) is 0 Å². The van der Waals surface area contributed by atoms with Gasteiger partial charge in [-0.3, -0.25) is 0 Å². The number of carbonyl (C=O) groups excluding carboxylic acids is 1. The number of amides is 1. The van der Waals surface area contributed by atoms with Crippen LogP contribution < -0.4 is 5.32 Å². The second-order valence-electron chi connectivity index (χ2n) is 7.10. The Labute approximate surface area is 157 Å². The third-order valence-corrected chi connectivity index (χ3v) is 3.97. The molecule has 1 amide bonds. The summed E-state index contributed by atoms with van der Waals surface area (Å²) in [6.07, 6.45) is -2.20. The van der Waals surface area contributed by atoms with Crippen LogP contribution in [-0.2, 0) is 10.3 Å². The maximum absolute atomic E-state index is 14.2. The lowest BCUT2D eigenvalue weighted by atomic mass is 9.85. The van der Waals surface area contributed by atoms with Gasteiger partial charge in [-0.25, -0.2) is 14.2 Å². The van der Waals surface area contributed by atoms with Crippen LogP contribution >= 0.6 is 11.6 Å². The average molecular weight is 381 g/mol. The molecule has 2 unspecified atom stereocenters. The van der Waals surface area contributed by atoms with Gasteiger partial charge in [-0.2, -0.15) is 0 Å². The highest BCUT2D eigenvalue weighted by Gasteiger charge is 2.41. The SMILES string of the molecule is CC(C)(C)OC(=O)NC(C)(c1cccc(Cl)n1)C(O)c1ccccc1F. The molecule has 7 heteroatoms. The van der Waals surface area contributed by atoms with Crippen LogP contribution in [0.25, 0.3) is 0 Å². The van der Waals surface area contributed by atoms with Crippen molar-refractivity contribution in [2.45, 2.75) is 44.9 Å². The molecule has 1 aromatic heterocycles.